The third kappa shape index (κ3) is 3.50. The number of carbonyl (C=O) groups excluding carboxylic acids is 1. The number of aromatic amines is 1. The molecule has 25 heavy (non-hydrogen) atoms. The van der Waals surface area contributed by atoms with E-state index in [1.165, 1.54) is 0 Å². The first-order valence-electron chi connectivity index (χ1n) is 8.69. The molecule has 1 aliphatic rings. The highest BCUT2D eigenvalue weighted by Crippen LogP contribution is 2.28. The van der Waals surface area contributed by atoms with E-state index in [9.17, 15) is 4.79 Å². The van der Waals surface area contributed by atoms with Crippen molar-refractivity contribution in [2.24, 2.45) is 0 Å². The lowest BCUT2D eigenvalue weighted by atomic mass is 9.95. The van der Waals surface area contributed by atoms with E-state index in [-0.39, 0.29) is 6.09 Å². The van der Waals surface area contributed by atoms with Crippen LogP contribution in [0.15, 0.2) is 54.7 Å². The lowest BCUT2D eigenvalue weighted by Crippen LogP contribution is -2.39. The topological polar surface area (TPSA) is 58.2 Å². The Morgan fingerprint density at radius 2 is 2.12 bits per heavy atom. The molecule has 0 saturated carbocycles. The Hall–Kier alpha value is -2.82. The van der Waals surface area contributed by atoms with Gasteiger partial charge in [-0.3, -0.25) is 0 Å². The van der Waals surface area contributed by atoms with Crippen LogP contribution in [0.1, 0.15) is 30.0 Å². The second kappa shape index (κ2) is 6.97. The third-order valence-corrected chi connectivity index (χ3v) is 4.74. The molecule has 1 aromatic carbocycles. The van der Waals surface area contributed by atoms with Crippen LogP contribution in [0.2, 0.25) is 0 Å². The lowest BCUT2D eigenvalue weighted by molar-refractivity contribution is 0.0856. The first kappa shape index (κ1) is 15.7. The summed E-state index contributed by atoms with van der Waals surface area (Å²) < 4.78 is 5.48. The number of carbonyl (C=O) groups is 1. The Morgan fingerprint density at radius 3 is 2.96 bits per heavy atom. The van der Waals surface area contributed by atoms with Gasteiger partial charge in [0.25, 0.3) is 0 Å². The van der Waals surface area contributed by atoms with Crippen LogP contribution in [0.4, 0.5) is 4.79 Å². The van der Waals surface area contributed by atoms with E-state index in [4.69, 9.17) is 4.74 Å². The average molecular weight is 335 g/mol. The normalized spacial score (nSPS) is 17.6. The van der Waals surface area contributed by atoms with Crippen molar-refractivity contribution in [1.82, 2.24) is 14.9 Å². The summed E-state index contributed by atoms with van der Waals surface area (Å²) >= 11 is 0. The molecule has 1 saturated heterocycles. The van der Waals surface area contributed by atoms with E-state index in [0.717, 1.165) is 41.7 Å². The lowest BCUT2D eigenvalue weighted by Gasteiger charge is -2.31. The smallest absolute Gasteiger partial charge is 0.410 e. The first-order chi connectivity index (χ1) is 12.3. The van der Waals surface area contributed by atoms with Crippen molar-refractivity contribution in [2.75, 3.05) is 13.1 Å². The maximum atomic E-state index is 12.4. The highest BCUT2D eigenvalue weighted by Gasteiger charge is 2.26. The number of likely N-dealkylation sites (tertiary alicyclic amines) is 1. The molecule has 5 nitrogen and oxygen atoms in total. The summed E-state index contributed by atoms with van der Waals surface area (Å²) in [5.74, 6) is 0.298. The number of benzene rings is 1. The molecule has 1 N–H and O–H groups in total. The highest BCUT2D eigenvalue weighted by atomic mass is 16.6. The van der Waals surface area contributed by atoms with Gasteiger partial charge in [-0.05, 0) is 36.6 Å². The molecule has 3 aromatic rings. The zero-order valence-electron chi connectivity index (χ0n) is 14.0. The second-order valence-corrected chi connectivity index (χ2v) is 6.49. The predicted molar refractivity (Wildman–Crippen MR) is 96.3 cm³/mol. The van der Waals surface area contributed by atoms with Crippen molar-refractivity contribution < 1.29 is 9.53 Å². The van der Waals surface area contributed by atoms with Gasteiger partial charge in [0, 0.05) is 36.3 Å². The van der Waals surface area contributed by atoms with Crippen molar-refractivity contribution >= 4 is 17.1 Å². The van der Waals surface area contributed by atoms with Crippen LogP contribution in [0.5, 0.6) is 0 Å². The molecule has 0 radical (unpaired) electrons. The number of H-pyrrole nitrogens is 1. The molecule has 0 spiro atoms. The minimum Gasteiger partial charge on any atom is -0.445 e. The van der Waals surface area contributed by atoms with E-state index in [0.29, 0.717) is 19.1 Å². The van der Waals surface area contributed by atoms with Crippen LogP contribution < -0.4 is 0 Å². The van der Waals surface area contributed by atoms with Crippen molar-refractivity contribution in [3.63, 3.8) is 0 Å². The first-order valence-corrected chi connectivity index (χ1v) is 8.69. The highest BCUT2D eigenvalue weighted by molar-refractivity contribution is 5.76. The van der Waals surface area contributed by atoms with Gasteiger partial charge in [-0.15, -0.1) is 0 Å². The summed E-state index contributed by atoms with van der Waals surface area (Å²) in [6, 6.07) is 15.9. The van der Waals surface area contributed by atoms with Crippen molar-refractivity contribution in [1.29, 1.82) is 0 Å². The molecular formula is C20H21N3O2. The largest absolute Gasteiger partial charge is 0.445 e. The minimum absolute atomic E-state index is 0.234. The fraction of sp³-hybridized carbons (Fsp3) is 0.300. The predicted octanol–water partition coefficient (Wildman–Crippen LogP) is 4.08. The number of nitrogens with zero attached hydrogens (tertiary/aromatic N) is 2. The zero-order chi connectivity index (χ0) is 17.1. The summed E-state index contributed by atoms with van der Waals surface area (Å²) in [4.78, 5) is 22.0. The number of aromatic nitrogens is 2. The summed E-state index contributed by atoms with van der Waals surface area (Å²) in [6.45, 7) is 1.75. The van der Waals surface area contributed by atoms with Crippen LogP contribution in [-0.4, -0.2) is 34.1 Å². The quantitative estimate of drug-likeness (QED) is 0.784. The monoisotopic (exact) mass is 335 g/mol. The summed E-state index contributed by atoms with van der Waals surface area (Å²) in [5, 5.41) is 1.11. The third-order valence-electron chi connectivity index (χ3n) is 4.74. The number of pyridine rings is 1. The molecule has 1 aliphatic heterocycles. The van der Waals surface area contributed by atoms with Crippen LogP contribution in [-0.2, 0) is 11.3 Å². The van der Waals surface area contributed by atoms with Crippen LogP contribution >= 0.6 is 0 Å². The van der Waals surface area contributed by atoms with Crippen molar-refractivity contribution in [2.45, 2.75) is 25.4 Å². The van der Waals surface area contributed by atoms with Gasteiger partial charge in [-0.2, -0.15) is 0 Å². The van der Waals surface area contributed by atoms with Crippen LogP contribution in [0.3, 0.4) is 0 Å². The molecule has 4 rings (SSSR count). The number of rotatable bonds is 3. The van der Waals surface area contributed by atoms with Crippen molar-refractivity contribution in [3.8, 4) is 0 Å². The fourth-order valence-corrected chi connectivity index (χ4v) is 3.41. The van der Waals surface area contributed by atoms with E-state index < -0.39 is 0 Å². The molecule has 2 aromatic heterocycles. The standard InChI is InChI=1S/C20H21N3O2/c24-20(25-14-15-6-2-1-3-7-15)23-11-5-9-17(13-23)18-12-16-8-4-10-21-19(16)22-18/h1-4,6-8,10,12,17H,5,9,11,13-14H2,(H,21,22). The van der Waals surface area contributed by atoms with E-state index in [2.05, 4.69) is 22.1 Å². The summed E-state index contributed by atoms with van der Waals surface area (Å²) in [6.07, 6.45) is 3.60. The molecule has 1 fully saturated rings. The number of piperidine rings is 1. The number of fused-ring (bicyclic) bond motifs is 1. The average Bonchev–Trinajstić information content (AvgIpc) is 3.11. The van der Waals surface area contributed by atoms with Gasteiger partial charge < -0.3 is 14.6 Å². The molecule has 1 atom stereocenters. The minimum atomic E-state index is -0.234. The molecular weight excluding hydrogens is 314 g/mol. The molecule has 1 unspecified atom stereocenters. The van der Waals surface area contributed by atoms with Gasteiger partial charge in [0.2, 0.25) is 0 Å². The van der Waals surface area contributed by atoms with Gasteiger partial charge in [0.1, 0.15) is 12.3 Å². The molecule has 128 valence electrons. The number of amides is 1. The molecule has 0 aliphatic carbocycles. The fourth-order valence-electron chi connectivity index (χ4n) is 3.41. The maximum Gasteiger partial charge on any atom is 0.410 e. The summed E-state index contributed by atoms with van der Waals surface area (Å²) in [7, 11) is 0. The number of ether oxygens (including phenoxy) is 1. The Labute approximate surface area is 146 Å². The Bertz CT molecular complexity index is 827. The Balaban J connectivity index is 1.41. The van der Waals surface area contributed by atoms with Crippen LogP contribution in [0, 0.1) is 0 Å². The Morgan fingerprint density at radius 1 is 1.24 bits per heavy atom. The van der Waals surface area contributed by atoms with Gasteiger partial charge in [-0.25, -0.2) is 9.78 Å². The Kier molecular flexibility index (Phi) is 4.37. The second-order valence-electron chi connectivity index (χ2n) is 6.49. The SMILES string of the molecule is O=C(OCc1ccccc1)N1CCCC(c2cc3cccnc3[nH]2)C1. The molecule has 0 bridgehead atoms. The zero-order valence-corrected chi connectivity index (χ0v) is 14.0. The van der Waals surface area contributed by atoms with Gasteiger partial charge in [0.05, 0.1) is 0 Å². The van der Waals surface area contributed by atoms with Gasteiger partial charge in [-0.1, -0.05) is 30.3 Å². The van der Waals surface area contributed by atoms with Gasteiger partial charge in [0.15, 0.2) is 0 Å². The van der Waals surface area contributed by atoms with E-state index >= 15 is 0 Å². The maximum absolute atomic E-state index is 12.4. The van der Waals surface area contributed by atoms with Gasteiger partial charge >= 0.3 is 6.09 Å². The van der Waals surface area contributed by atoms with Crippen LogP contribution in [0.25, 0.3) is 11.0 Å². The van der Waals surface area contributed by atoms with Crippen molar-refractivity contribution in [3.05, 3.63) is 66.0 Å². The number of nitrogens with one attached hydrogen (secondary N) is 1. The number of hydrogen-bond donors (Lipinski definition) is 1. The van der Waals surface area contributed by atoms with E-state index in [1.807, 2.05) is 41.3 Å². The summed E-state index contributed by atoms with van der Waals surface area (Å²) in [5.41, 5.74) is 3.06. The molecule has 1 amide bonds. The molecule has 5 heteroatoms. The van der Waals surface area contributed by atoms with E-state index in [1.54, 1.807) is 6.20 Å². The molecule has 3 heterocycles. The number of hydrogen-bond acceptors (Lipinski definition) is 3.